The lowest BCUT2D eigenvalue weighted by atomic mass is 10.1. The van der Waals surface area contributed by atoms with Crippen molar-refractivity contribution in [2.75, 3.05) is 19.3 Å². The number of aromatic nitrogens is 2. The molecule has 22 heavy (non-hydrogen) atoms. The molecule has 3 rings (SSSR count). The molecule has 0 radical (unpaired) electrons. The van der Waals surface area contributed by atoms with Crippen LogP contribution in [0.4, 0.5) is 0 Å². The van der Waals surface area contributed by atoms with E-state index in [-0.39, 0.29) is 22.8 Å². The number of hydrogen-bond acceptors (Lipinski definition) is 5. The fourth-order valence-corrected chi connectivity index (χ4v) is 3.55. The highest BCUT2D eigenvalue weighted by atomic mass is 32.2. The summed E-state index contributed by atoms with van der Waals surface area (Å²) in [6.45, 7) is 1.09. The summed E-state index contributed by atoms with van der Waals surface area (Å²) in [5, 5.41) is -0.118. The summed E-state index contributed by atoms with van der Waals surface area (Å²) in [6.07, 6.45) is 4.41. The Kier molecular flexibility index (Phi) is 3.65. The van der Waals surface area contributed by atoms with Crippen molar-refractivity contribution in [1.29, 1.82) is 0 Å². The smallest absolute Gasteiger partial charge is 0.274 e. The van der Waals surface area contributed by atoms with Crippen molar-refractivity contribution in [2.45, 2.75) is 24.0 Å². The first-order valence-corrected chi connectivity index (χ1v) is 8.99. The van der Waals surface area contributed by atoms with Crippen LogP contribution in [0, 0.1) is 0 Å². The molecule has 0 bridgehead atoms. The molecular formula is C14H18N4O3S. The van der Waals surface area contributed by atoms with E-state index < -0.39 is 9.84 Å². The number of nitrogens with zero attached hydrogens (tertiary/aromatic N) is 3. The Morgan fingerprint density at radius 2 is 2.18 bits per heavy atom. The molecule has 2 N–H and O–H groups in total. The maximum absolute atomic E-state index is 12.7. The lowest BCUT2D eigenvalue weighted by molar-refractivity contribution is 0.0705. The van der Waals surface area contributed by atoms with E-state index in [4.69, 9.17) is 5.73 Å². The average Bonchev–Trinajstić information content (AvgIpc) is 2.86. The van der Waals surface area contributed by atoms with Crippen molar-refractivity contribution >= 4 is 21.3 Å². The number of imidazole rings is 1. The Bertz CT molecular complexity index is 828. The van der Waals surface area contributed by atoms with Crippen LogP contribution in [0.2, 0.25) is 0 Å². The van der Waals surface area contributed by atoms with Gasteiger partial charge in [0.1, 0.15) is 0 Å². The van der Waals surface area contributed by atoms with Crippen LogP contribution in [0.1, 0.15) is 23.3 Å². The van der Waals surface area contributed by atoms with Crippen LogP contribution in [-0.4, -0.2) is 54.0 Å². The van der Waals surface area contributed by atoms with Crippen LogP contribution in [0.3, 0.4) is 0 Å². The molecule has 3 heterocycles. The summed E-state index contributed by atoms with van der Waals surface area (Å²) in [6, 6.07) is 5.11. The molecule has 1 atom stereocenters. The summed E-state index contributed by atoms with van der Waals surface area (Å²) in [4.78, 5) is 18.5. The lowest BCUT2D eigenvalue weighted by Gasteiger charge is -2.30. The van der Waals surface area contributed by atoms with Crippen LogP contribution in [-0.2, 0) is 9.84 Å². The zero-order chi connectivity index (χ0) is 15.9. The standard InChI is InChI=1S/C14H18N4O3S/c1-22(20,21)14-16-12(11-6-2-3-8-18(11)14)13(19)17-7-4-5-10(15)9-17/h2-3,6,8,10H,4-5,7,9,15H2,1H3. The van der Waals surface area contributed by atoms with Crippen LogP contribution in [0.15, 0.2) is 29.6 Å². The Balaban J connectivity index is 2.09. The first-order valence-electron chi connectivity index (χ1n) is 7.10. The van der Waals surface area contributed by atoms with Gasteiger partial charge in [-0.1, -0.05) is 6.07 Å². The molecule has 1 aliphatic heterocycles. The molecule has 0 saturated carbocycles. The van der Waals surface area contributed by atoms with Crippen molar-refractivity contribution in [3.05, 3.63) is 30.1 Å². The van der Waals surface area contributed by atoms with Gasteiger partial charge in [-0.3, -0.25) is 9.20 Å². The monoisotopic (exact) mass is 322 g/mol. The number of rotatable bonds is 2. The summed E-state index contributed by atoms with van der Waals surface area (Å²) in [5.74, 6) is -0.270. The summed E-state index contributed by atoms with van der Waals surface area (Å²) in [5.41, 5.74) is 6.57. The summed E-state index contributed by atoms with van der Waals surface area (Å²) < 4.78 is 25.2. The van der Waals surface area contributed by atoms with Gasteiger partial charge >= 0.3 is 0 Å². The number of piperidine rings is 1. The maximum Gasteiger partial charge on any atom is 0.274 e. The molecule has 0 aliphatic carbocycles. The van der Waals surface area contributed by atoms with Crippen LogP contribution in [0.25, 0.3) is 5.52 Å². The molecule has 1 saturated heterocycles. The summed E-state index contributed by atoms with van der Waals surface area (Å²) >= 11 is 0. The maximum atomic E-state index is 12.7. The van der Waals surface area contributed by atoms with E-state index in [1.54, 1.807) is 29.3 Å². The summed E-state index contributed by atoms with van der Waals surface area (Å²) in [7, 11) is -3.53. The van der Waals surface area contributed by atoms with Gasteiger partial charge in [-0.25, -0.2) is 13.4 Å². The fraction of sp³-hybridized carbons (Fsp3) is 0.429. The second-order valence-electron chi connectivity index (χ2n) is 5.62. The second-order valence-corrected chi connectivity index (χ2v) is 7.53. The molecule has 1 unspecified atom stereocenters. The predicted molar refractivity (Wildman–Crippen MR) is 81.4 cm³/mol. The molecule has 1 amide bonds. The van der Waals surface area contributed by atoms with Crippen molar-refractivity contribution in [3.8, 4) is 0 Å². The molecule has 2 aromatic heterocycles. The van der Waals surface area contributed by atoms with Crippen molar-refractivity contribution in [1.82, 2.24) is 14.3 Å². The third kappa shape index (κ3) is 2.59. The van der Waals surface area contributed by atoms with Gasteiger partial charge in [0.25, 0.3) is 5.91 Å². The van der Waals surface area contributed by atoms with E-state index >= 15 is 0 Å². The average molecular weight is 322 g/mol. The number of sulfone groups is 1. The van der Waals surface area contributed by atoms with Crippen molar-refractivity contribution in [2.24, 2.45) is 5.73 Å². The minimum Gasteiger partial charge on any atom is -0.336 e. The molecule has 1 fully saturated rings. The first kappa shape index (κ1) is 15.0. The highest BCUT2D eigenvalue weighted by Gasteiger charge is 2.28. The van der Waals surface area contributed by atoms with Gasteiger partial charge in [0.15, 0.2) is 5.69 Å². The zero-order valence-electron chi connectivity index (χ0n) is 12.3. The van der Waals surface area contributed by atoms with E-state index in [1.165, 1.54) is 4.40 Å². The third-order valence-electron chi connectivity index (χ3n) is 3.80. The van der Waals surface area contributed by atoms with E-state index in [9.17, 15) is 13.2 Å². The van der Waals surface area contributed by atoms with Gasteiger partial charge in [0.05, 0.1) is 5.52 Å². The molecule has 1 aliphatic rings. The number of pyridine rings is 1. The third-order valence-corrected chi connectivity index (χ3v) is 4.75. The number of carbonyl (C=O) groups is 1. The first-order chi connectivity index (χ1) is 10.4. The lowest BCUT2D eigenvalue weighted by Crippen LogP contribution is -2.45. The second kappa shape index (κ2) is 5.36. The number of likely N-dealkylation sites (tertiary alicyclic amines) is 1. The molecule has 118 valence electrons. The van der Waals surface area contributed by atoms with Crippen molar-refractivity contribution < 1.29 is 13.2 Å². The minimum atomic E-state index is -3.53. The fourth-order valence-electron chi connectivity index (χ4n) is 2.77. The SMILES string of the molecule is CS(=O)(=O)c1nc(C(=O)N2CCCC(N)C2)c2ccccn12. The Hall–Kier alpha value is -1.93. The van der Waals surface area contributed by atoms with E-state index in [0.717, 1.165) is 19.1 Å². The number of hydrogen-bond donors (Lipinski definition) is 1. The minimum absolute atomic E-state index is 0.0408. The van der Waals surface area contributed by atoms with Gasteiger partial charge < -0.3 is 10.6 Å². The largest absolute Gasteiger partial charge is 0.336 e. The van der Waals surface area contributed by atoms with E-state index in [0.29, 0.717) is 18.6 Å². The Labute approximate surface area is 128 Å². The Morgan fingerprint density at radius 1 is 1.41 bits per heavy atom. The molecular weight excluding hydrogens is 304 g/mol. The zero-order valence-corrected chi connectivity index (χ0v) is 13.1. The van der Waals surface area contributed by atoms with E-state index in [1.807, 2.05) is 0 Å². The van der Waals surface area contributed by atoms with Gasteiger partial charge in [-0.2, -0.15) is 0 Å². The highest BCUT2D eigenvalue weighted by Crippen LogP contribution is 2.20. The van der Waals surface area contributed by atoms with E-state index in [2.05, 4.69) is 4.98 Å². The van der Waals surface area contributed by atoms with Gasteiger partial charge in [0, 0.05) is 31.6 Å². The molecule has 2 aromatic rings. The number of amides is 1. The van der Waals surface area contributed by atoms with Crippen LogP contribution >= 0.6 is 0 Å². The van der Waals surface area contributed by atoms with Crippen LogP contribution < -0.4 is 5.73 Å². The van der Waals surface area contributed by atoms with Gasteiger partial charge in [0.2, 0.25) is 15.0 Å². The Morgan fingerprint density at radius 3 is 2.86 bits per heavy atom. The van der Waals surface area contributed by atoms with Crippen molar-refractivity contribution in [3.63, 3.8) is 0 Å². The highest BCUT2D eigenvalue weighted by molar-refractivity contribution is 7.90. The molecule has 7 nitrogen and oxygen atoms in total. The quantitative estimate of drug-likeness (QED) is 0.857. The number of fused-ring (bicyclic) bond motifs is 1. The molecule has 8 heteroatoms. The molecule has 0 spiro atoms. The van der Waals surface area contributed by atoms with Gasteiger partial charge in [-0.05, 0) is 25.0 Å². The van der Waals surface area contributed by atoms with Gasteiger partial charge in [-0.15, -0.1) is 0 Å². The number of carbonyl (C=O) groups excluding carboxylic acids is 1. The predicted octanol–water partition coefficient (Wildman–Crippen LogP) is 0.301. The van der Waals surface area contributed by atoms with Crippen LogP contribution in [0.5, 0.6) is 0 Å². The number of nitrogens with two attached hydrogens (primary N) is 1. The topological polar surface area (TPSA) is 97.8 Å². The molecule has 0 aromatic carbocycles. The normalized spacial score (nSPS) is 19.5.